The Balaban J connectivity index is 2.24. The van der Waals surface area contributed by atoms with E-state index in [9.17, 15) is 13.2 Å². The molecule has 0 radical (unpaired) electrons. The second-order valence-electron chi connectivity index (χ2n) is 4.70. The number of amides is 1. The molecule has 1 fully saturated rings. The monoisotopic (exact) mass is 371 g/mol. The lowest BCUT2D eigenvalue weighted by Gasteiger charge is -2.34. The van der Waals surface area contributed by atoms with E-state index in [1.807, 2.05) is 0 Å². The van der Waals surface area contributed by atoms with Gasteiger partial charge in [-0.15, -0.1) is 0 Å². The molecule has 0 bridgehead atoms. The number of hydrogen-bond donors (Lipinski definition) is 1. The van der Waals surface area contributed by atoms with Gasteiger partial charge in [-0.3, -0.25) is 4.79 Å². The van der Waals surface area contributed by atoms with Crippen LogP contribution in [0.3, 0.4) is 0 Å². The van der Waals surface area contributed by atoms with Gasteiger partial charge in [-0.05, 0) is 25.0 Å². The minimum atomic E-state index is -4.09. The molecular formula is C12H12Cl3NO4S. The zero-order chi connectivity index (χ0) is 15.8. The van der Waals surface area contributed by atoms with E-state index in [4.69, 9.17) is 38.6 Å². The summed E-state index contributed by atoms with van der Waals surface area (Å²) in [5.41, 5.74) is -0.0238. The molecule has 9 heteroatoms. The standard InChI is InChI=1S/C12H12Cl3NO4S/c1-20-8-4-7(5-8)16-12(17)9-2-6(13)3-10(11(9)14)21(15,18)19/h2-3,7-8H,4-5H2,1H3,(H,16,17). The summed E-state index contributed by atoms with van der Waals surface area (Å²) < 4.78 is 28.0. The summed E-state index contributed by atoms with van der Waals surface area (Å²) in [5, 5.41) is 2.56. The Morgan fingerprint density at radius 2 is 1.95 bits per heavy atom. The predicted molar refractivity (Wildman–Crippen MR) is 80.8 cm³/mol. The van der Waals surface area contributed by atoms with E-state index in [0.29, 0.717) is 12.8 Å². The number of nitrogens with one attached hydrogen (secondary N) is 1. The van der Waals surface area contributed by atoms with Crippen LogP contribution >= 0.6 is 33.9 Å². The van der Waals surface area contributed by atoms with Crippen LogP contribution in [0.2, 0.25) is 10.0 Å². The van der Waals surface area contributed by atoms with Crippen molar-refractivity contribution < 1.29 is 17.9 Å². The number of carbonyl (C=O) groups excluding carboxylic acids is 1. The SMILES string of the molecule is COC1CC(NC(=O)c2cc(Cl)cc(S(=O)(=O)Cl)c2Cl)C1. The third-order valence-corrected chi connectivity index (χ3v) is 5.36. The smallest absolute Gasteiger partial charge is 0.262 e. The first-order valence-electron chi connectivity index (χ1n) is 5.99. The molecule has 1 aliphatic carbocycles. The van der Waals surface area contributed by atoms with Gasteiger partial charge in [0.05, 0.1) is 16.7 Å². The lowest BCUT2D eigenvalue weighted by Crippen LogP contribution is -2.47. The summed E-state index contributed by atoms with van der Waals surface area (Å²) >= 11 is 11.8. The van der Waals surface area contributed by atoms with E-state index < -0.39 is 15.0 Å². The molecule has 0 spiro atoms. The Morgan fingerprint density at radius 1 is 1.33 bits per heavy atom. The molecular weight excluding hydrogens is 361 g/mol. The van der Waals surface area contributed by atoms with Crippen molar-refractivity contribution in [2.45, 2.75) is 29.9 Å². The lowest BCUT2D eigenvalue weighted by atomic mass is 9.89. The maximum Gasteiger partial charge on any atom is 0.262 e. The van der Waals surface area contributed by atoms with E-state index in [1.54, 1.807) is 7.11 Å². The molecule has 1 aromatic carbocycles. The first-order valence-corrected chi connectivity index (χ1v) is 9.06. The van der Waals surface area contributed by atoms with E-state index in [-0.39, 0.29) is 32.7 Å². The molecule has 0 heterocycles. The first kappa shape index (κ1) is 16.8. The van der Waals surface area contributed by atoms with E-state index in [2.05, 4.69) is 5.32 Å². The summed E-state index contributed by atoms with van der Waals surface area (Å²) in [5.74, 6) is -0.497. The van der Waals surface area contributed by atoms with Crippen molar-refractivity contribution in [1.82, 2.24) is 5.32 Å². The number of methoxy groups -OCH3 is 1. The van der Waals surface area contributed by atoms with Crippen LogP contribution in [0, 0.1) is 0 Å². The average molecular weight is 373 g/mol. The van der Waals surface area contributed by atoms with Crippen molar-refractivity contribution >= 4 is 48.8 Å². The normalized spacial score (nSPS) is 21.7. The highest BCUT2D eigenvalue weighted by molar-refractivity contribution is 8.13. The third kappa shape index (κ3) is 3.81. The molecule has 1 N–H and O–H groups in total. The number of halogens is 3. The highest BCUT2D eigenvalue weighted by Gasteiger charge is 2.31. The molecule has 2 rings (SSSR count). The summed E-state index contributed by atoms with van der Waals surface area (Å²) in [6.45, 7) is 0. The van der Waals surface area contributed by atoms with Crippen molar-refractivity contribution in [3.05, 3.63) is 27.7 Å². The Labute approximate surface area is 136 Å². The van der Waals surface area contributed by atoms with Gasteiger partial charge in [-0.25, -0.2) is 8.42 Å². The van der Waals surface area contributed by atoms with Crippen LogP contribution in [-0.2, 0) is 13.8 Å². The minimum absolute atomic E-state index is 0.0238. The summed E-state index contributed by atoms with van der Waals surface area (Å²) in [6, 6.07) is 2.37. The molecule has 1 aromatic rings. The molecule has 1 aliphatic rings. The highest BCUT2D eigenvalue weighted by Crippen LogP contribution is 2.32. The maximum atomic E-state index is 12.2. The third-order valence-electron chi connectivity index (χ3n) is 3.27. The fourth-order valence-electron chi connectivity index (χ4n) is 2.05. The molecule has 1 saturated carbocycles. The lowest BCUT2D eigenvalue weighted by molar-refractivity contribution is 0.0176. The van der Waals surface area contributed by atoms with Crippen LogP contribution in [0.15, 0.2) is 17.0 Å². The average Bonchev–Trinajstić information content (AvgIpc) is 2.33. The van der Waals surface area contributed by atoms with E-state index >= 15 is 0 Å². The topological polar surface area (TPSA) is 72.5 Å². The minimum Gasteiger partial charge on any atom is -0.381 e. The van der Waals surface area contributed by atoms with Gasteiger partial charge >= 0.3 is 0 Å². The highest BCUT2D eigenvalue weighted by atomic mass is 35.7. The molecule has 21 heavy (non-hydrogen) atoms. The zero-order valence-electron chi connectivity index (χ0n) is 10.9. The summed E-state index contributed by atoms with van der Waals surface area (Å²) in [7, 11) is 2.79. The number of rotatable bonds is 4. The van der Waals surface area contributed by atoms with Gasteiger partial charge in [0, 0.05) is 28.9 Å². The fourth-order valence-corrected chi connectivity index (χ4v) is 3.90. The molecule has 5 nitrogen and oxygen atoms in total. The Morgan fingerprint density at radius 3 is 2.48 bits per heavy atom. The van der Waals surface area contributed by atoms with Gasteiger partial charge < -0.3 is 10.1 Å². The zero-order valence-corrected chi connectivity index (χ0v) is 14.0. The van der Waals surface area contributed by atoms with Crippen LogP contribution in [0.5, 0.6) is 0 Å². The van der Waals surface area contributed by atoms with E-state index in [1.165, 1.54) is 6.07 Å². The number of ether oxygens (including phenoxy) is 1. The fraction of sp³-hybridized carbons (Fsp3) is 0.417. The van der Waals surface area contributed by atoms with Crippen molar-refractivity contribution in [3.63, 3.8) is 0 Å². The van der Waals surface area contributed by atoms with Crippen LogP contribution in [0.25, 0.3) is 0 Å². The van der Waals surface area contributed by atoms with Gasteiger partial charge in [0.25, 0.3) is 15.0 Å². The maximum absolute atomic E-state index is 12.2. The molecule has 1 amide bonds. The second-order valence-corrected chi connectivity index (χ2v) is 8.05. The van der Waals surface area contributed by atoms with Gasteiger partial charge in [0.1, 0.15) is 4.90 Å². The van der Waals surface area contributed by atoms with Gasteiger partial charge in [-0.1, -0.05) is 23.2 Å². The Hall–Kier alpha value is -0.530. The largest absolute Gasteiger partial charge is 0.381 e. The van der Waals surface area contributed by atoms with Crippen molar-refractivity contribution in [2.24, 2.45) is 0 Å². The number of hydrogen-bond acceptors (Lipinski definition) is 4. The Bertz CT molecular complexity index is 671. The Kier molecular flexibility index (Phi) is 5.05. The summed E-state index contributed by atoms with van der Waals surface area (Å²) in [4.78, 5) is 11.8. The van der Waals surface area contributed by atoms with Crippen LogP contribution in [0.4, 0.5) is 0 Å². The van der Waals surface area contributed by atoms with Crippen LogP contribution < -0.4 is 5.32 Å². The van der Waals surface area contributed by atoms with Crippen LogP contribution in [-0.4, -0.2) is 33.6 Å². The summed E-state index contributed by atoms with van der Waals surface area (Å²) in [6.07, 6.45) is 1.52. The predicted octanol–water partition coefficient (Wildman–Crippen LogP) is 2.83. The number of carbonyl (C=O) groups is 1. The first-order chi connectivity index (χ1) is 9.72. The van der Waals surface area contributed by atoms with Gasteiger partial charge in [0.15, 0.2) is 0 Å². The van der Waals surface area contributed by atoms with Crippen molar-refractivity contribution in [2.75, 3.05) is 7.11 Å². The van der Waals surface area contributed by atoms with Gasteiger partial charge in [-0.2, -0.15) is 0 Å². The molecule has 0 unspecified atom stereocenters. The molecule has 0 aliphatic heterocycles. The number of benzene rings is 1. The molecule has 0 aromatic heterocycles. The molecule has 0 saturated heterocycles. The molecule has 0 atom stereocenters. The quantitative estimate of drug-likeness (QED) is 0.825. The van der Waals surface area contributed by atoms with E-state index in [0.717, 1.165) is 6.07 Å². The van der Waals surface area contributed by atoms with Crippen molar-refractivity contribution in [1.29, 1.82) is 0 Å². The van der Waals surface area contributed by atoms with Gasteiger partial charge in [0.2, 0.25) is 0 Å². The molecule has 116 valence electrons. The van der Waals surface area contributed by atoms with Crippen molar-refractivity contribution in [3.8, 4) is 0 Å². The van der Waals surface area contributed by atoms with Crippen LogP contribution in [0.1, 0.15) is 23.2 Å². The second kappa shape index (κ2) is 6.30.